The number of rotatable bonds is 6. The van der Waals surface area contributed by atoms with Gasteiger partial charge in [-0.05, 0) is 26.7 Å². The van der Waals surface area contributed by atoms with Crippen LogP contribution in [0, 0.1) is 5.92 Å². The van der Waals surface area contributed by atoms with E-state index in [1.54, 1.807) is 0 Å². The van der Waals surface area contributed by atoms with Gasteiger partial charge in [0.15, 0.2) is 0 Å². The lowest BCUT2D eigenvalue weighted by Crippen LogP contribution is -2.39. The zero-order valence-electron chi connectivity index (χ0n) is 9.46. The summed E-state index contributed by atoms with van der Waals surface area (Å²) in [5, 5.41) is 0. The highest BCUT2D eigenvalue weighted by molar-refractivity contribution is 4.78. The average molecular weight is 184 g/mol. The van der Waals surface area contributed by atoms with Crippen molar-refractivity contribution in [3.63, 3.8) is 0 Å². The van der Waals surface area contributed by atoms with Crippen molar-refractivity contribution in [3.05, 3.63) is 12.7 Å². The predicted molar refractivity (Wildman–Crippen MR) is 59.7 cm³/mol. The lowest BCUT2D eigenvalue weighted by atomic mass is 10.0. The highest BCUT2D eigenvalue weighted by Crippen LogP contribution is 2.06. The Kier molecular flexibility index (Phi) is 6.00. The van der Waals surface area contributed by atoms with E-state index in [2.05, 4.69) is 39.2 Å². The first-order valence-electron chi connectivity index (χ1n) is 5.09. The molecule has 13 heavy (non-hydrogen) atoms. The summed E-state index contributed by atoms with van der Waals surface area (Å²) >= 11 is 0. The smallest absolute Gasteiger partial charge is 0.0163 e. The minimum Gasteiger partial charge on any atom is -0.328 e. The zero-order valence-corrected chi connectivity index (χ0v) is 9.46. The molecule has 0 aliphatic rings. The molecule has 0 rings (SSSR count). The van der Waals surface area contributed by atoms with Gasteiger partial charge in [-0.1, -0.05) is 13.0 Å². The Bertz CT molecular complexity index is 141. The number of hydrogen-bond acceptors (Lipinski definition) is 2. The zero-order chi connectivity index (χ0) is 10.4. The largest absolute Gasteiger partial charge is 0.328 e. The Labute approximate surface area is 82.8 Å². The predicted octanol–water partition coefficient (Wildman–Crippen LogP) is 1.87. The second-order valence-electron chi connectivity index (χ2n) is 4.17. The van der Waals surface area contributed by atoms with E-state index in [1.807, 2.05) is 6.08 Å². The molecule has 2 heteroatoms. The molecule has 2 nitrogen and oxygen atoms in total. The summed E-state index contributed by atoms with van der Waals surface area (Å²) in [6.07, 6.45) is 1.95. The standard InChI is InChI=1S/C11H24N2/c1-6-7-13(9(2)3)8-10(4)11(5)12/h6,9-11H,1,7-8,12H2,2-5H3. The third-order valence-electron chi connectivity index (χ3n) is 2.51. The van der Waals surface area contributed by atoms with Crippen molar-refractivity contribution in [1.29, 1.82) is 0 Å². The van der Waals surface area contributed by atoms with Crippen LogP contribution in [-0.2, 0) is 0 Å². The van der Waals surface area contributed by atoms with Crippen LogP contribution in [0.25, 0.3) is 0 Å². The van der Waals surface area contributed by atoms with Crippen molar-refractivity contribution in [3.8, 4) is 0 Å². The van der Waals surface area contributed by atoms with E-state index >= 15 is 0 Å². The Morgan fingerprint density at radius 2 is 1.85 bits per heavy atom. The van der Waals surface area contributed by atoms with Gasteiger partial charge in [-0.2, -0.15) is 0 Å². The molecule has 0 aliphatic carbocycles. The van der Waals surface area contributed by atoms with Gasteiger partial charge < -0.3 is 5.73 Å². The molecule has 78 valence electrons. The maximum absolute atomic E-state index is 5.83. The molecule has 0 spiro atoms. The Morgan fingerprint density at radius 1 is 1.31 bits per heavy atom. The number of nitrogens with zero attached hydrogens (tertiary/aromatic N) is 1. The minimum absolute atomic E-state index is 0.270. The van der Waals surface area contributed by atoms with Gasteiger partial charge in [0.2, 0.25) is 0 Å². The van der Waals surface area contributed by atoms with Gasteiger partial charge in [0.1, 0.15) is 0 Å². The fourth-order valence-electron chi connectivity index (χ4n) is 1.20. The molecule has 0 fully saturated rings. The first-order valence-corrected chi connectivity index (χ1v) is 5.09. The second-order valence-corrected chi connectivity index (χ2v) is 4.17. The quantitative estimate of drug-likeness (QED) is 0.639. The Morgan fingerprint density at radius 3 is 2.15 bits per heavy atom. The number of nitrogens with two attached hydrogens (primary N) is 1. The van der Waals surface area contributed by atoms with Crippen molar-refractivity contribution in [1.82, 2.24) is 4.90 Å². The van der Waals surface area contributed by atoms with Crippen LogP contribution in [0.15, 0.2) is 12.7 Å². The molecule has 2 atom stereocenters. The maximum atomic E-state index is 5.83. The SMILES string of the molecule is C=CCN(CC(C)C(C)N)C(C)C. The molecule has 2 N–H and O–H groups in total. The van der Waals surface area contributed by atoms with Crippen LogP contribution in [0.4, 0.5) is 0 Å². The Balaban J connectivity index is 4.01. The molecule has 0 aromatic rings. The van der Waals surface area contributed by atoms with E-state index in [0.717, 1.165) is 13.1 Å². The molecule has 0 aromatic carbocycles. The average Bonchev–Trinajstić information content (AvgIpc) is 2.03. The molecule has 0 saturated heterocycles. The fraction of sp³-hybridized carbons (Fsp3) is 0.818. The molecule has 0 aliphatic heterocycles. The van der Waals surface area contributed by atoms with Gasteiger partial charge in [-0.15, -0.1) is 6.58 Å². The number of hydrogen-bond donors (Lipinski definition) is 1. The van der Waals surface area contributed by atoms with Crippen LogP contribution >= 0.6 is 0 Å². The molecular formula is C11H24N2. The summed E-state index contributed by atoms with van der Waals surface area (Å²) in [4.78, 5) is 2.39. The monoisotopic (exact) mass is 184 g/mol. The highest BCUT2D eigenvalue weighted by atomic mass is 15.1. The van der Waals surface area contributed by atoms with E-state index in [9.17, 15) is 0 Å². The van der Waals surface area contributed by atoms with Crippen LogP contribution in [0.2, 0.25) is 0 Å². The van der Waals surface area contributed by atoms with Gasteiger partial charge in [0, 0.05) is 25.2 Å². The third-order valence-corrected chi connectivity index (χ3v) is 2.51. The summed E-state index contributed by atoms with van der Waals surface area (Å²) in [5.74, 6) is 0.544. The summed E-state index contributed by atoms with van der Waals surface area (Å²) in [5.41, 5.74) is 5.83. The van der Waals surface area contributed by atoms with Gasteiger partial charge in [-0.3, -0.25) is 4.90 Å². The van der Waals surface area contributed by atoms with Gasteiger partial charge in [0.25, 0.3) is 0 Å². The fourth-order valence-corrected chi connectivity index (χ4v) is 1.20. The van der Waals surface area contributed by atoms with Gasteiger partial charge in [-0.25, -0.2) is 0 Å². The lowest BCUT2D eigenvalue weighted by molar-refractivity contribution is 0.203. The van der Waals surface area contributed by atoms with Crippen LogP contribution in [-0.4, -0.2) is 30.1 Å². The van der Waals surface area contributed by atoms with Crippen LogP contribution < -0.4 is 5.73 Å². The summed E-state index contributed by atoms with van der Waals surface area (Å²) in [6.45, 7) is 14.4. The summed E-state index contributed by atoms with van der Waals surface area (Å²) in [6, 6.07) is 0.838. The van der Waals surface area contributed by atoms with E-state index in [4.69, 9.17) is 5.73 Å². The lowest BCUT2D eigenvalue weighted by Gasteiger charge is -2.29. The third kappa shape index (κ3) is 5.06. The van der Waals surface area contributed by atoms with Gasteiger partial charge >= 0.3 is 0 Å². The summed E-state index contributed by atoms with van der Waals surface area (Å²) < 4.78 is 0. The second kappa shape index (κ2) is 6.17. The molecule has 0 radical (unpaired) electrons. The molecule has 0 bridgehead atoms. The molecule has 0 amide bonds. The molecule has 0 saturated carbocycles. The van der Waals surface area contributed by atoms with Crippen LogP contribution in [0.3, 0.4) is 0 Å². The van der Waals surface area contributed by atoms with Crippen molar-refractivity contribution >= 4 is 0 Å². The first kappa shape index (κ1) is 12.7. The molecule has 2 unspecified atom stereocenters. The van der Waals surface area contributed by atoms with Gasteiger partial charge in [0.05, 0.1) is 0 Å². The molecule has 0 heterocycles. The van der Waals surface area contributed by atoms with Crippen molar-refractivity contribution in [2.24, 2.45) is 11.7 Å². The maximum Gasteiger partial charge on any atom is 0.0163 e. The topological polar surface area (TPSA) is 29.3 Å². The van der Waals surface area contributed by atoms with Crippen LogP contribution in [0.1, 0.15) is 27.7 Å². The van der Waals surface area contributed by atoms with E-state index in [-0.39, 0.29) is 6.04 Å². The Hall–Kier alpha value is -0.340. The first-order chi connectivity index (χ1) is 5.99. The van der Waals surface area contributed by atoms with Crippen molar-refractivity contribution in [2.45, 2.75) is 39.8 Å². The van der Waals surface area contributed by atoms with Crippen LogP contribution in [0.5, 0.6) is 0 Å². The normalized spacial score (nSPS) is 16.2. The highest BCUT2D eigenvalue weighted by Gasteiger charge is 2.14. The van der Waals surface area contributed by atoms with Crippen molar-refractivity contribution < 1.29 is 0 Å². The molecule has 0 aromatic heterocycles. The van der Waals surface area contributed by atoms with E-state index in [1.165, 1.54) is 0 Å². The minimum atomic E-state index is 0.270. The molecular weight excluding hydrogens is 160 g/mol. The van der Waals surface area contributed by atoms with E-state index in [0.29, 0.717) is 12.0 Å². The van der Waals surface area contributed by atoms with E-state index < -0.39 is 0 Å². The summed E-state index contributed by atoms with van der Waals surface area (Å²) in [7, 11) is 0. The van der Waals surface area contributed by atoms with Crippen molar-refractivity contribution in [2.75, 3.05) is 13.1 Å².